The van der Waals surface area contributed by atoms with Crippen molar-refractivity contribution in [2.45, 2.75) is 25.3 Å². The summed E-state index contributed by atoms with van der Waals surface area (Å²) in [4.78, 5) is 20.3. The SMILES string of the molecule is O=C(NCc1cc(C2CC2)ncn1)c1ccccc1. The second kappa shape index (κ2) is 5.18. The van der Waals surface area contributed by atoms with Crippen LogP contribution in [0.25, 0.3) is 0 Å². The summed E-state index contributed by atoms with van der Waals surface area (Å²) in [6, 6.07) is 11.2. The summed E-state index contributed by atoms with van der Waals surface area (Å²) in [5.74, 6) is 0.527. The Labute approximate surface area is 111 Å². The fourth-order valence-corrected chi connectivity index (χ4v) is 1.98. The number of carbonyl (C=O) groups excluding carboxylic acids is 1. The van der Waals surface area contributed by atoms with Gasteiger partial charge in [-0.1, -0.05) is 18.2 Å². The van der Waals surface area contributed by atoms with Gasteiger partial charge < -0.3 is 5.32 Å². The summed E-state index contributed by atoms with van der Waals surface area (Å²) < 4.78 is 0. The third-order valence-electron chi connectivity index (χ3n) is 3.21. The molecular weight excluding hydrogens is 238 g/mol. The zero-order chi connectivity index (χ0) is 13.1. The predicted molar refractivity (Wildman–Crippen MR) is 71.6 cm³/mol. The molecule has 0 atom stereocenters. The Kier molecular flexibility index (Phi) is 3.23. The van der Waals surface area contributed by atoms with Crippen molar-refractivity contribution in [3.05, 3.63) is 59.7 Å². The fourth-order valence-electron chi connectivity index (χ4n) is 1.98. The van der Waals surface area contributed by atoms with E-state index in [-0.39, 0.29) is 5.91 Å². The number of hydrogen-bond acceptors (Lipinski definition) is 3. The molecular formula is C15H15N3O. The second-order valence-corrected chi connectivity index (χ2v) is 4.76. The molecule has 1 aromatic heterocycles. The fraction of sp³-hybridized carbons (Fsp3) is 0.267. The topological polar surface area (TPSA) is 54.9 Å². The van der Waals surface area contributed by atoms with Crippen molar-refractivity contribution in [1.29, 1.82) is 0 Å². The van der Waals surface area contributed by atoms with Crippen LogP contribution in [0, 0.1) is 0 Å². The summed E-state index contributed by atoms with van der Waals surface area (Å²) >= 11 is 0. The first-order chi connectivity index (χ1) is 9.33. The lowest BCUT2D eigenvalue weighted by Crippen LogP contribution is -2.23. The summed E-state index contributed by atoms with van der Waals surface area (Å²) in [6.45, 7) is 0.440. The summed E-state index contributed by atoms with van der Waals surface area (Å²) in [6.07, 6.45) is 4.01. The van der Waals surface area contributed by atoms with Crippen LogP contribution in [-0.2, 0) is 6.54 Å². The zero-order valence-electron chi connectivity index (χ0n) is 10.5. The van der Waals surface area contributed by atoms with Crippen LogP contribution in [0.1, 0.15) is 40.5 Å². The van der Waals surface area contributed by atoms with E-state index in [0.717, 1.165) is 11.4 Å². The number of benzene rings is 1. The van der Waals surface area contributed by atoms with Crippen LogP contribution in [0.5, 0.6) is 0 Å². The maximum absolute atomic E-state index is 11.9. The molecule has 19 heavy (non-hydrogen) atoms. The number of nitrogens with zero attached hydrogens (tertiary/aromatic N) is 2. The van der Waals surface area contributed by atoms with Gasteiger partial charge >= 0.3 is 0 Å². The van der Waals surface area contributed by atoms with E-state index in [9.17, 15) is 4.79 Å². The van der Waals surface area contributed by atoms with E-state index in [0.29, 0.717) is 18.0 Å². The Morgan fingerprint density at radius 1 is 1.21 bits per heavy atom. The van der Waals surface area contributed by atoms with Gasteiger partial charge in [-0.3, -0.25) is 4.79 Å². The van der Waals surface area contributed by atoms with Crippen molar-refractivity contribution >= 4 is 5.91 Å². The van der Waals surface area contributed by atoms with Crippen LogP contribution in [0.4, 0.5) is 0 Å². The maximum Gasteiger partial charge on any atom is 0.251 e. The highest BCUT2D eigenvalue weighted by Crippen LogP contribution is 2.38. The Morgan fingerprint density at radius 3 is 2.74 bits per heavy atom. The molecule has 4 nitrogen and oxygen atoms in total. The van der Waals surface area contributed by atoms with Crippen molar-refractivity contribution in [2.24, 2.45) is 0 Å². The highest BCUT2D eigenvalue weighted by Gasteiger charge is 2.25. The van der Waals surface area contributed by atoms with E-state index in [1.807, 2.05) is 24.3 Å². The zero-order valence-corrected chi connectivity index (χ0v) is 10.5. The van der Waals surface area contributed by atoms with Gasteiger partial charge in [0.25, 0.3) is 5.91 Å². The van der Waals surface area contributed by atoms with E-state index in [1.54, 1.807) is 18.5 Å². The van der Waals surface area contributed by atoms with Gasteiger partial charge in [0.05, 0.1) is 12.2 Å². The molecule has 0 bridgehead atoms. The minimum absolute atomic E-state index is 0.0767. The van der Waals surface area contributed by atoms with Crippen molar-refractivity contribution in [1.82, 2.24) is 15.3 Å². The maximum atomic E-state index is 11.9. The van der Waals surface area contributed by atoms with Gasteiger partial charge in [-0.05, 0) is 31.0 Å². The number of amides is 1. The first-order valence-corrected chi connectivity index (χ1v) is 6.47. The molecule has 0 saturated heterocycles. The average Bonchev–Trinajstić information content (AvgIpc) is 3.31. The molecule has 0 radical (unpaired) electrons. The molecule has 4 heteroatoms. The predicted octanol–water partition coefficient (Wildman–Crippen LogP) is 2.28. The number of aromatic nitrogens is 2. The second-order valence-electron chi connectivity index (χ2n) is 4.76. The minimum Gasteiger partial charge on any atom is -0.346 e. The molecule has 96 valence electrons. The van der Waals surface area contributed by atoms with Gasteiger partial charge in [0.1, 0.15) is 6.33 Å². The molecule has 0 unspecified atom stereocenters. The first kappa shape index (κ1) is 11.8. The van der Waals surface area contributed by atoms with E-state index in [4.69, 9.17) is 0 Å². The molecule has 1 heterocycles. The van der Waals surface area contributed by atoms with Gasteiger partial charge in [0, 0.05) is 17.2 Å². The van der Waals surface area contributed by atoms with Crippen LogP contribution in [0.15, 0.2) is 42.7 Å². The van der Waals surface area contributed by atoms with E-state index in [1.165, 1.54) is 12.8 Å². The number of hydrogen-bond donors (Lipinski definition) is 1. The van der Waals surface area contributed by atoms with Crippen molar-refractivity contribution in [3.63, 3.8) is 0 Å². The van der Waals surface area contributed by atoms with Crippen molar-refractivity contribution in [2.75, 3.05) is 0 Å². The third kappa shape index (κ3) is 2.96. The third-order valence-corrected chi connectivity index (χ3v) is 3.21. The summed E-state index contributed by atoms with van der Waals surface area (Å²) in [7, 11) is 0. The van der Waals surface area contributed by atoms with Gasteiger partial charge in [-0.25, -0.2) is 9.97 Å². The molecule has 1 aromatic carbocycles. The van der Waals surface area contributed by atoms with Gasteiger partial charge in [-0.15, -0.1) is 0 Å². The van der Waals surface area contributed by atoms with Crippen LogP contribution < -0.4 is 5.32 Å². The first-order valence-electron chi connectivity index (χ1n) is 6.47. The van der Waals surface area contributed by atoms with E-state index in [2.05, 4.69) is 15.3 Å². The van der Waals surface area contributed by atoms with Crippen LogP contribution in [-0.4, -0.2) is 15.9 Å². The molecule has 3 rings (SSSR count). The Balaban J connectivity index is 1.63. The molecule has 1 saturated carbocycles. The molecule has 1 aliphatic carbocycles. The Hall–Kier alpha value is -2.23. The number of carbonyl (C=O) groups is 1. The molecule has 1 N–H and O–H groups in total. The quantitative estimate of drug-likeness (QED) is 0.909. The smallest absolute Gasteiger partial charge is 0.251 e. The lowest BCUT2D eigenvalue weighted by Gasteiger charge is -2.05. The van der Waals surface area contributed by atoms with Gasteiger partial charge in [0.2, 0.25) is 0 Å². The molecule has 1 fully saturated rings. The Morgan fingerprint density at radius 2 is 2.00 bits per heavy atom. The normalized spacial score (nSPS) is 14.1. The lowest BCUT2D eigenvalue weighted by molar-refractivity contribution is 0.0950. The van der Waals surface area contributed by atoms with Crippen molar-refractivity contribution < 1.29 is 4.79 Å². The highest BCUT2D eigenvalue weighted by molar-refractivity contribution is 5.94. The molecule has 1 aliphatic rings. The molecule has 1 amide bonds. The molecule has 0 aliphatic heterocycles. The lowest BCUT2D eigenvalue weighted by atomic mass is 10.2. The molecule has 0 spiro atoms. The van der Waals surface area contributed by atoms with E-state index >= 15 is 0 Å². The summed E-state index contributed by atoms with van der Waals surface area (Å²) in [5.41, 5.74) is 2.62. The number of rotatable bonds is 4. The standard InChI is InChI=1S/C15H15N3O/c19-15(12-4-2-1-3-5-12)16-9-13-8-14(11-6-7-11)18-10-17-13/h1-5,8,10-11H,6-7,9H2,(H,16,19). The van der Waals surface area contributed by atoms with Gasteiger partial charge in [0.15, 0.2) is 0 Å². The monoisotopic (exact) mass is 253 g/mol. The Bertz CT molecular complexity index is 579. The van der Waals surface area contributed by atoms with Gasteiger partial charge in [-0.2, -0.15) is 0 Å². The highest BCUT2D eigenvalue weighted by atomic mass is 16.1. The largest absolute Gasteiger partial charge is 0.346 e. The number of nitrogens with one attached hydrogen (secondary N) is 1. The van der Waals surface area contributed by atoms with Crippen LogP contribution in [0.3, 0.4) is 0 Å². The van der Waals surface area contributed by atoms with E-state index < -0.39 is 0 Å². The minimum atomic E-state index is -0.0767. The summed E-state index contributed by atoms with van der Waals surface area (Å²) in [5, 5.41) is 2.87. The molecule has 2 aromatic rings. The van der Waals surface area contributed by atoms with Crippen LogP contribution in [0.2, 0.25) is 0 Å². The van der Waals surface area contributed by atoms with Crippen LogP contribution >= 0.6 is 0 Å². The van der Waals surface area contributed by atoms with Crippen molar-refractivity contribution in [3.8, 4) is 0 Å². The average molecular weight is 253 g/mol.